The molecule has 1 unspecified atom stereocenters. The summed E-state index contributed by atoms with van der Waals surface area (Å²) in [6, 6.07) is 0.255. The number of nitrogens with one attached hydrogen (secondary N) is 1. The van der Waals surface area contributed by atoms with Gasteiger partial charge in [0.2, 0.25) is 0 Å². The van der Waals surface area contributed by atoms with Crippen LogP contribution >= 0.6 is 0 Å². The van der Waals surface area contributed by atoms with Crippen molar-refractivity contribution in [2.45, 2.75) is 50.4 Å². The van der Waals surface area contributed by atoms with Crippen LogP contribution < -0.4 is 34.9 Å². The maximum atomic E-state index is 10.7. The Hall–Kier alpha value is 0.870. The summed E-state index contributed by atoms with van der Waals surface area (Å²) in [5.74, 6) is 0. The van der Waals surface area contributed by atoms with E-state index in [2.05, 4.69) is 5.32 Å². The molecule has 0 saturated heterocycles. The van der Waals surface area contributed by atoms with Gasteiger partial charge < -0.3 is 1.43 Å². The first kappa shape index (κ1) is 14.9. The van der Waals surface area contributed by atoms with Crippen molar-refractivity contribution < 1.29 is 44.0 Å². The smallest absolute Gasteiger partial charge is 1.00 e. The van der Waals surface area contributed by atoms with Crippen LogP contribution in [-0.4, -0.2) is 24.4 Å². The zero-order valence-electron chi connectivity index (χ0n) is 9.86. The van der Waals surface area contributed by atoms with E-state index in [1.165, 1.54) is 13.3 Å². The Morgan fingerprint density at radius 3 is 2.29 bits per heavy atom. The van der Waals surface area contributed by atoms with Gasteiger partial charge in [0.1, 0.15) is 5.37 Å². The molecule has 14 heavy (non-hydrogen) atoms. The molecule has 2 N–H and O–H groups in total. The van der Waals surface area contributed by atoms with E-state index in [-0.39, 0.29) is 37.0 Å². The van der Waals surface area contributed by atoms with Crippen LogP contribution in [0.4, 0.5) is 0 Å². The van der Waals surface area contributed by atoms with Crippen molar-refractivity contribution in [1.82, 2.24) is 5.32 Å². The van der Waals surface area contributed by atoms with E-state index in [4.69, 9.17) is 4.55 Å². The SMILES string of the molecule is CC(NC1CCCCC1)S(=O)(=O)O.[H-].[Na+]. The third-order valence-corrected chi connectivity index (χ3v) is 3.55. The van der Waals surface area contributed by atoms with E-state index in [1.54, 1.807) is 0 Å². The average molecular weight is 231 g/mol. The molecule has 80 valence electrons. The zero-order valence-corrected chi connectivity index (χ0v) is 11.7. The molecule has 1 atom stereocenters. The van der Waals surface area contributed by atoms with E-state index >= 15 is 0 Å². The van der Waals surface area contributed by atoms with Gasteiger partial charge >= 0.3 is 29.6 Å². The van der Waals surface area contributed by atoms with Crippen LogP contribution in [0, 0.1) is 0 Å². The van der Waals surface area contributed by atoms with Gasteiger partial charge in [0.05, 0.1) is 0 Å². The van der Waals surface area contributed by atoms with Crippen LogP contribution in [0.25, 0.3) is 0 Å². The van der Waals surface area contributed by atoms with Crippen molar-refractivity contribution in [1.29, 1.82) is 0 Å². The van der Waals surface area contributed by atoms with E-state index < -0.39 is 15.5 Å². The van der Waals surface area contributed by atoms with Gasteiger partial charge in [-0.3, -0.25) is 9.87 Å². The van der Waals surface area contributed by atoms with Gasteiger partial charge in [0.15, 0.2) is 0 Å². The average Bonchev–Trinajstić information content (AvgIpc) is 2.04. The van der Waals surface area contributed by atoms with Gasteiger partial charge in [-0.25, -0.2) is 0 Å². The minimum Gasteiger partial charge on any atom is -1.00 e. The molecule has 1 fully saturated rings. The summed E-state index contributed by atoms with van der Waals surface area (Å²) < 4.78 is 30.1. The molecule has 0 heterocycles. The van der Waals surface area contributed by atoms with Crippen molar-refractivity contribution in [2.24, 2.45) is 0 Å². The molecule has 0 radical (unpaired) electrons. The predicted molar refractivity (Wildman–Crippen MR) is 52.1 cm³/mol. The quantitative estimate of drug-likeness (QED) is 0.447. The summed E-state index contributed by atoms with van der Waals surface area (Å²) in [7, 11) is -3.91. The van der Waals surface area contributed by atoms with Gasteiger partial charge in [-0.15, -0.1) is 0 Å². The van der Waals surface area contributed by atoms with Gasteiger partial charge in [-0.05, 0) is 19.8 Å². The molecule has 1 saturated carbocycles. The molecule has 0 aliphatic heterocycles. The molecule has 1 aliphatic rings. The molecule has 0 amide bonds. The van der Waals surface area contributed by atoms with Crippen molar-refractivity contribution in [3.8, 4) is 0 Å². The summed E-state index contributed by atoms with van der Waals surface area (Å²) in [6.07, 6.45) is 5.56. The van der Waals surface area contributed by atoms with Crippen LogP contribution in [0.5, 0.6) is 0 Å². The van der Waals surface area contributed by atoms with Gasteiger partial charge in [-0.1, -0.05) is 19.3 Å². The molecule has 0 spiro atoms. The minimum absolute atomic E-state index is 0. The third kappa shape index (κ3) is 5.09. The molecule has 0 bridgehead atoms. The summed E-state index contributed by atoms with van der Waals surface area (Å²) in [5, 5.41) is 2.08. The molecular weight excluding hydrogens is 213 g/mol. The molecule has 1 rings (SSSR count). The first-order chi connectivity index (χ1) is 6.00. The summed E-state index contributed by atoms with van der Waals surface area (Å²) in [4.78, 5) is 0. The van der Waals surface area contributed by atoms with Gasteiger partial charge in [0.25, 0.3) is 10.1 Å². The van der Waals surface area contributed by atoms with Crippen LogP contribution in [0.1, 0.15) is 40.5 Å². The molecule has 0 aromatic carbocycles. The molecule has 6 heteroatoms. The topological polar surface area (TPSA) is 66.4 Å². The van der Waals surface area contributed by atoms with Gasteiger partial charge in [0, 0.05) is 6.04 Å². The molecule has 4 nitrogen and oxygen atoms in total. The van der Waals surface area contributed by atoms with E-state index in [1.807, 2.05) is 0 Å². The fourth-order valence-electron chi connectivity index (χ4n) is 1.69. The Labute approximate surface area is 109 Å². The maximum absolute atomic E-state index is 10.7. The Kier molecular flexibility index (Phi) is 6.85. The molecule has 1 aliphatic carbocycles. The van der Waals surface area contributed by atoms with Crippen molar-refractivity contribution in [3.05, 3.63) is 0 Å². The fourth-order valence-corrected chi connectivity index (χ4v) is 2.05. The van der Waals surface area contributed by atoms with Crippen LogP contribution in [0.15, 0.2) is 0 Å². The second-order valence-corrected chi connectivity index (χ2v) is 5.40. The zero-order chi connectivity index (χ0) is 9.90. The molecular formula is C8H18NNaO3S. The summed E-state index contributed by atoms with van der Waals surface area (Å²) >= 11 is 0. The van der Waals surface area contributed by atoms with Crippen molar-refractivity contribution >= 4 is 10.1 Å². The number of hydrogen-bond acceptors (Lipinski definition) is 3. The number of rotatable bonds is 3. The third-order valence-electron chi connectivity index (χ3n) is 2.52. The monoisotopic (exact) mass is 231 g/mol. The van der Waals surface area contributed by atoms with Crippen molar-refractivity contribution in [2.75, 3.05) is 0 Å². The fraction of sp³-hybridized carbons (Fsp3) is 1.00. The Morgan fingerprint density at radius 1 is 1.36 bits per heavy atom. The number of hydrogen-bond donors (Lipinski definition) is 2. The predicted octanol–water partition coefficient (Wildman–Crippen LogP) is -1.74. The van der Waals surface area contributed by atoms with Crippen LogP contribution in [-0.2, 0) is 10.1 Å². The van der Waals surface area contributed by atoms with E-state index in [0.717, 1.165) is 25.7 Å². The Morgan fingerprint density at radius 2 is 1.86 bits per heavy atom. The second-order valence-electron chi connectivity index (χ2n) is 3.66. The Bertz CT molecular complexity index is 255. The molecule has 0 aromatic rings. The van der Waals surface area contributed by atoms with Crippen LogP contribution in [0.3, 0.4) is 0 Å². The second kappa shape index (κ2) is 6.45. The molecule has 0 aromatic heterocycles. The largest absolute Gasteiger partial charge is 1.00 e. The first-order valence-electron chi connectivity index (χ1n) is 4.72. The normalized spacial score (nSPS) is 21.3. The maximum Gasteiger partial charge on any atom is 1.00 e. The van der Waals surface area contributed by atoms with E-state index in [0.29, 0.717) is 0 Å². The summed E-state index contributed by atoms with van der Waals surface area (Å²) in [6.45, 7) is 1.48. The van der Waals surface area contributed by atoms with Crippen LogP contribution in [0.2, 0.25) is 0 Å². The summed E-state index contributed by atoms with van der Waals surface area (Å²) in [5.41, 5.74) is 0. The van der Waals surface area contributed by atoms with E-state index in [9.17, 15) is 8.42 Å². The standard InChI is InChI=1S/C8H17NO3S.Na.H/c1-7(13(10,11)12)9-8-5-3-2-4-6-8;;/h7-9H,2-6H2,1H3,(H,10,11,12);;/q;+1;-1. The minimum atomic E-state index is -3.91. The Balaban J connectivity index is 0. The van der Waals surface area contributed by atoms with Gasteiger partial charge in [-0.2, -0.15) is 8.42 Å². The van der Waals surface area contributed by atoms with Crippen molar-refractivity contribution in [3.63, 3.8) is 0 Å². The first-order valence-corrected chi connectivity index (χ1v) is 6.23.